The van der Waals surface area contributed by atoms with Gasteiger partial charge in [-0.2, -0.15) is 0 Å². The smallest absolute Gasteiger partial charge is 0.225 e. The number of rotatable bonds is 8. The highest BCUT2D eigenvalue weighted by molar-refractivity contribution is 7.99. The lowest BCUT2D eigenvalue weighted by molar-refractivity contribution is -0.115. The maximum Gasteiger partial charge on any atom is 0.225 e. The van der Waals surface area contributed by atoms with Crippen molar-refractivity contribution in [3.05, 3.63) is 64.4 Å². The molecule has 0 saturated heterocycles. The molecule has 146 valence electrons. The predicted octanol–water partition coefficient (Wildman–Crippen LogP) is 4.84. The number of carbonyl (C=O) groups excluding carboxylic acids is 1. The summed E-state index contributed by atoms with van der Waals surface area (Å²) in [6.07, 6.45) is 0.297. The molecule has 3 rings (SSSR count). The average molecular weight is 437 g/mol. The van der Waals surface area contributed by atoms with E-state index < -0.39 is 0 Å². The molecule has 0 bridgehead atoms. The van der Waals surface area contributed by atoms with E-state index in [1.165, 1.54) is 11.8 Å². The summed E-state index contributed by atoms with van der Waals surface area (Å²) in [5.74, 6) is 1.10. The number of anilines is 1. The molecule has 3 aromatic rings. The van der Waals surface area contributed by atoms with Crippen LogP contribution >= 0.6 is 35.0 Å². The van der Waals surface area contributed by atoms with Gasteiger partial charge in [0.05, 0.1) is 10.7 Å². The molecule has 1 amide bonds. The van der Waals surface area contributed by atoms with E-state index in [0.717, 1.165) is 5.69 Å². The molecule has 0 aliphatic heterocycles. The Labute approximate surface area is 177 Å². The summed E-state index contributed by atoms with van der Waals surface area (Å²) in [7, 11) is 1.61. The number of halogens is 2. The van der Waals surface area contributed by atoms with Gasteiger partial charge in [-0.1, -0.05) is 53.2 Å². The van der Waals surface area contributed by atoms with Crippen molar-refractivity contribution in [2.75, 3.05) is 18.2 Å². The van der Waals surface area contributed by atoms with Crippen molar-refractivity contribution in [3.63, 3.8) is 0 Å². The lowest BCUT2D eigenvalue weighted by Crippen LogP contribution is -2.12. The minimum atomic E-state index is -0.139. The highest BCUT2D eigenvalue weighted by atomic mass is 35.5. The highest BCUT2D eigenvalue weighted by Crippen LogP contribution is 2.26. The van der Waals surface area contributed by atoms with E-state index in [-0.39, 0.29) is 5.91 Å². The SMILES string of the molecule is COCc1nnc(SCCC(=O)Nc2ccc(Cl)cc2Cl)n1-c1ccccc1. The first-order valence-electron chi connectivity index (χ1n) is 8.45. The zero-order valence-electron chi connectivity index (χ0n) is 15.1. The number of amides is 1. The van der Waals surface area contributed by atoms with E-state index >= 15 is 0 Å². The number of hydrogen-bond donors (Lipinski definition) is 1. The van der Waals surface area contributed by atoms with E-state index in [0.29, 0.717) is 45.5 Å². The number of hydrogen-bond acceptors (Lipinski definition) is 5. The Balaban J connectivity index is 1.64. The molecule has 28 heavy (non-hydrogen) atoms. The van der Waals surface area contributed by atoms with Crippen LogP contribution in [0.2, 0.25) is 10.0 Å². The van der Waals surface area contributed by atoms with Gasteiger partial charge in [-0.15, -0.1) is 10.2 Å². The van der Waals surface area contributed by atoms with Crippen LogP contribution in [0.5, 0.6) is 0 Å². The van der Waals surface area contributed by atoms with Gasteiger partial charge >= 0.3 is 0 Å². The molecule has 6 nitrogen and oxygen atoms in total. The van der Waals surface area contributed by atoms with Gasteiger partial charge in [-0.25, -0.2) is 0 Å². The number of aromatic nitrogens is 3. The van der Waals surface area contributed by atoms with Gasteiger partial charge in [0, 0.05) is 30.0 Å². The molecule has 2 aromatic carbocycles. The van der Waals surface area contributed by atoms with Crippen molar-refractivity contribution in [2.45, 2.75) is 18.2 Å². The topological polar surface area (TPSA) is 69.0 Å². The quantitative estimate of drug-likeness (QED) is 0.511. The third kappa shape index (κ3) is 5.26. The van der Waals surface area contributed by atoms with Crippen LogP contribution in [-0.2, 0) is 16.1 Å². The second kappa shape index (κ2) is 9.93. The molecule has 9 heteroatoms. The Morgan fingerprint density at radius 3 is 2.68 bits per heavy atom. The number of ether oxygens (including phenoxy) is 1. The molecule has 0 saturated carbocycles. The number of nitrogens with zero attached hydrogens (tertiary/aromatic N) is 3. The standard InChI is InChI=1S/C19H18Cl2N4O2S/c1-27-12-17-23-24-19(25(17)14-5-3-2-4-6-14)28-10-9-18(26)22-16-8-7-13(20)11-15(16)21/h2-8,11H,9-10,12H2,1H3,(H,22,26). The molecule has 0 aliphatic carbocycles. The van der Waals surface area contributed by atoms with Gasteiger partial charge in [0.25, 0.3) is 0 Å². The first kappa shape index (κ1) is 20.7. The predicted molar refractivity (Wildman–Crippen MR) is 113 cm³/mol. The fourth-order valence-corrected chi connectivity index (χ4v) is 3.86. The first-order chi connectivity index (χ1) is 13.6. The van der Waals surface area contributed by atoms with Gasteiger partial charge in [0.2, 0.25) is 5.91 Å². The summed E-state index contributed by atoms with van der Waals surface area (Å²) in [5.41, 5.74) is 1.48. The lowest BCUT2D eigenvalue weighted by Gasteiger charge is -2.10. The summed E-state index contributed by atoms with van der Waals surface area (Å²) in [6.45, 7) is 0.345. The molecule has 0 atom stereocenters. The number of carbonyl (C=O) groups is 1. The third-order valence-corrected chi connectivity index (χ3v) is 5.23. The largest absolute Gasteiger partial charge is 0.377 e. The van der Waals surface area contributed by atoms with Gasteiger partial charge in [0.1, 0.15) is 6.61 Å². The van der Waals surface area contributed by atoms with Gasteiger partial charge < -0.3 is 10.1 Å². The number of nitrogens with one attached hydrogen (secondary N) is 1. The van der Waals surface area contributed by atoms with Crippen LogP contribution in [0.25, 0.3) is 5.69 Å². The molecule has 1 heterocycles. The van der Waals surface area contributed by atoms with E-state index in [1.807, 2.05) is 34.9 Å². The van der Waals surface area contributed by atoms with Crippen LogP contribution in [0, 0.1) is 0 Å². The molecular weight excluding hydrogens is 419 g/mol. The monoisotopic (exact) mass is 436 g/mol. The van der Waals surface area contributed by atoms with Crippen LogP contribution in [0.3, 0.4) is 0 Å². The number of thioether (sulfide) groups is 1. The van der Waals surface area contributed by atoms with Crippen molar-refractivity contribution < 1.29 is 9.53 Å². The summed E-state index contributed by atoms with van der Waals surface area (Å²) in [6, 6.07) is 14.7. The molecule has 1 N–H and O–H groups in total. The van der Waals surface area contributed by atoms with Crippen LogP contribution in [0.4, 0.5) is 5.69 Å². The summed E-state index contributed by atoms with van der Waals surface area (Å²) in [4.78, 5) is 12.2. The van der Waals surface area contributed by atoms with Crippen molar-refractivity contribution in [1.29, 1.82) is 0 Å². The second-order valence-corrected chi connectivity index (χ2v) is 7.68. The van der Waals surface area contributed by atoms with Gasteiger partial charge in [0.15, 0.2) is 11.0 Å². The third-order valence-electron chi connectivity index (χ3n) is 3.75. The Kier molecular flexibility index (Phi) is 7.33. The average Bonchev–Trinajstić information content (AvgIpc) is 3.08. The van der Waals surface area contributed by atoms with E-state index in [9.17, 15) is 4.79 Å². The van der Waals surface area contributed by atoms with Crippen molar-refractivity contribution in [2.24, 2.45) is 0 Å². The zero-order chi connectivity index (χ0) is 19.9. The molecule has 0 fully saturated rings. The molecular formula is C19H18Cl2N4O2S. The van der Waals surface area contributed by atoms with Crippen molar-refractivity contribution >= 4 is 46.6 Å². The summed E-state index contributed by atoms with van der Waals surface area (Å²) < 4.78 is 7.15. The lowest BCUT2D eigenvalue weighted by atomic mass is 10.3. The van der Waals surface area contributed by atoms with Crippen molar-refractivity contribution in [1.82, 2.24) is 14.8 Å². The number of methoxy groups -OCH3 is 1. The van der Waals surface area contributed by atoms with Crippen LogP contribution < -0.4 is 5.32 Å². The first-order valence-corrected chi connectivity index (χ1v) is 10.2. The Hall–Kier alpha value is -2.06. The molecule has 0 spiro atoms. The molecule has 0 aliphatic rings. The fourth-order valence-electron chi connectivity index (χ4n) is 2.49. The summed E-state index contributed by atoms with van der Waals surface area (Å²) >= 11 is 13.4. The number of benzene rings is 2. The summed E-state index contributed by atoms with van der Waals surface area (Å²) in [5, 5.41) is 12.9. The van der Waals surface area contributed by atoms with E-state index in [4.69, 9.17) is 27.9 Å². The Morgan fingerprint density at radius 1 is 1.18 bits per heavy atom. The van der Waals surface area contributed by atoms with E-state index in [1.54, 1.807) is 25.3 Å². The van der Waals surface area contributed by atoms with Crippen LogP contribution in [0.1, 0.15) is 12.2 Å². The van der Waals surface area contributed by atoms with Gasteiger partial charge in [-0.3, -0.25) is 9.36 Å². The second-order valence-electron chi connectivity index (χ2n) is 5.77. The number of para-hydroxylation sites is 1. The zero-order valence-corrected chi connectivity index (χ0v) is 17.4. The Bertz CT molecular complexity index is 950. The minimum absolute atomic E-state index is 0.139. The minimum Gasteiger partial charge on any atom is -0.377 e. The normalized spacial score (nSPS) is 10.8. The van der Waals surface area contributed by atoms with Gasteiger partial charge in [-0.05, 0) is 30.3 Å². The van der Waals surface area contributed by atoms with Crippen LogP contribution in [-0.4, -0.2) is 33.5 Å². The maximum atomic E-state index is 12.2. The molecule has 0 radical (unpaired) electrons. The van der Waals surface area contributed by atoms with Crippen LogP contribution in [0.15, 0.2) is 53.7 Å². The maximum absolute atomic E-state index is 12.2. The molecule has 1 aromatic heterocycles. The molecule has 0 unspecified atom stereocenters. The van der Waals surface area contributed by atoms with Crippen molar-refractivity contribution in [3.8, 4) is 5.69 Å². The Morgan fingerprint density at radius 2 is 1.96 bits per heavy atom. The highest BCUT2D eigenvalue weighted by Gasteiger charge is 2.15. The fraction of sp³-hybridized carbons (Fsp3) is 0.211. The van der Waals surface area contributed by atoms with E-state index in [2.05, 4.69) is 15.5 Å².